The summed E-state index contributed by atoms with van der Waals surface area (Å²) in [5, 5.41) is 8.51. The minimum atomic E-state index is -0.751. The van der Waals surface area contributed by atoms with Gasteiger partial charge in [-0.25, -0.2) is 5.43 Å². The number of rotatable bonds is 4. The summed E-state index contributed by atoms with van der Waals surface area (Å²) in [6, 6.07) is 11.7. The monoisotopic (exact) mass is 311 g/mol. The fourth-order valence-electron chi connectivity index (χ4n) is 2.14. The van der Waals surface area contributed by atoms with E-state index in [2.05, 4.69) is 15.8 Å². The molecule has 0 spiro atoms. The molecule has 0 heterocycles. The molecule has 2 amide bonds. The van der Waals surface area contributed by atoms with Gasteiger partial charge in [-0.2, -0.15) is 5.10 Å². The molecule has 2 aromatic rings. The molecule has 6 heteroatoms. The zero-order chi connectivity index (χ0) is 16.2. The van der Waals surface area contributed by atoms with Crippen LogP contribution < -0.4 is 15.5 Å². The predicted octanol–water partition coefficient (Wildman–Crippen LogP) is 1.58. The second kappa shape index (κ2) is 6.48. The molecule has 1 saturated carbocycles. The van der Waals surface area contributed by atoms with Crippen molar-refractivity contribution in [3.63, 3.8) is 0 Å². The minimum Gasteiger partial charge on any atom is -0.497 e. The van der Waals surface area contributed by atoms with Crippen molar-refractivity contribution in [2.45, 2.75) is 18.9 Å². The van der Waals surface area contributed by atoms with Crippen LogP contribution in [0.15, 0.2) is 41.5 Å². The number of carbonyl (C=O) groups is 2. The molecule has 3 rings (SSSR count). The van der Waals surface area contributed by atoms with Crippen molar-refractivity contribution in [3.8, 4) is 5.75 Å². The summed E-state index contributed by atoms with van der Waals surface area (Å²) in [7, 11) is 1.63. The Bertz CT molecular complexity index is 782. The van der Waals surface area contributed by atoms with E-state index in [9.17, 15) is 9.59 Å². The maximum Gasteiger partial charge on any atom is 0.329 e. The second-order valence-electron chi connectivity index (χ2n) is 5.42. The number of fused-ring (bicyclic) bond motifs is 1. The number of methoxy groups -OCH3 is 1. The molecule has 0 saturated heterocycles. The Hall–Kier alpha value is -2.89. The van der Waals surface area contributed by atoms with Gasteiger partial charge in [-0.05, 0) is 47.4 Å². The van der Waals surface area contributed by atoms with Crippen molar-refractivity contribution < 1.29 is 14.3 Å². The highest BCUT2D eigenvalue weighted by Gasteiger charge is 2.26. The summed E-state index contributed by atoms with van der Waals surface area (Å²) in [6.07, 6.45) is 3.38. The first kappa shape index (κ1) is 15.0. The minimum absolute atomic E-state index is 0.148. The van der Waals surface area contributed by atoms with E-state index in [0.717, 1.165) is 34.9 Å². The van der Waals surface area contributed by atoms with Crippen molar-refractivity contribution in [2.75, 3.05) is 7.11 Å². The third kappa shape index (κ3) is 3.85. The lowest BCUT2D eigenvalue weighted by Crippen LogP contribution is -2.38. The highest BCUT2D eigenvalue weighted by Crippen LogP contribution is 2.21. The number of amides is 2. The van der Waals surface area contributed by atoms with E-state index in [1.54, 1.807) is 7.11 Å². The average molecular weight is 311 g/mol. The van der Waals surface area contributed by atoms with Gasteiger partial charge in [0.1, 0.15) is 5.75 Å². The van der Waals surface area contributed by atoms with E-state index >= 15 is 0 Å². The third-order valence-corrected chi connectivity index (χ3v) is 3.57. The number of nitrogens with zero attached hydrogens (tertiary/aromatic N) is 1. The van der Waals surface area contributed by atoms with Crippen LogP contribution in [0.25, 0.3) is 10.8 Å². The molecule has 0 aliphatic heterocycles. The Kier molecular flexibility index (Phi) is 4.23. The number of benzene rings is 2. The fourth-order valence-corrected chi connectivity index (χ4v) is 2.14. The molecular weight excluding hydrogens is 294 g/mol. The lowest BCUT2D eigenvalue weighted by molar-refractivity contribution is -0.139. The summed E-state index contributed by atoms with van der Waals surface area (Å²) in [5.74, 6) is -0.596. The third-order valence-electron chi connectivity index (χ3n) is 3.57. The zero-order valence-electron chi connectivity index (χ0n) is 12.7. The molecule has 1 aliphatic rings. The molecule has 0 radical (unpaired) electrons. The normalized spacial score (nSPS) is 14.0. The van der Waals surface area contributed by atoms with Crippen molar-refractivity contribution in [2.24, 2.45) is 5.10 Å². The average Bonchev–Trinajstić information content (AvgIpc) is 3.38. The topological polar surface area (TPSA) is 79.8 Å². The summed E-state index contributed by atoms with van der Waals surface area (Å²) in [6.45, 7) is 0. The number of hydrogen-bond acceptors (Lipinski definition) is 4. The zero-order valence-corrected chi connectivity index (χ0v) is 12.7. The molecule has 2 aromatic carbocycles. The number of hydrazone groups is 1. The molecule has 6 nitrogen and oxygen atoms in total. The molecule has 1 fully saturated rings. The summed E-state index contributed by atoms with van der Waals surface area (Å²) in [5.41, 5.74) is 3.05. The SMILES string of the molecule is COc1ccc2cc(/C=N\NC(=O)C(=O)NC3CC3)ccc2c1. The second-order valence-corrected chi connectivity index (χ2v) is 5.42. The largest absolute Gasteiger partial charge is 0.497 e. The molecule has 1 aliphatic carbocycles. The van der Waals surface area contributed by atoms with Gasteiger partial charge in [0, 0.05) is 6.04 Å². The Morgan fingerprint density at radius 1 is 1.13 bits per heavy atom. The van der Waals surface area contributed by atoms with Gasteiger partial charge in [-0.15, -0.1) is 0 Å². The molecule has 0 atom stereocenters. The van der Waals surface area contributed by atoms with Gasteiger partial charge in [-0.3, -0.25) is 9.59 Å². The molecule has 0 aromatic heterocycles. The van der Waals surface area contributed by atoms with Crippen LogP contribution in [0.3, 0.4) is 0 Å². The predicted molar refractivity (Wildman–Crippen MR) is 87.4 cm³/mol. The standard InChI is InChI=1S/C17H17N3O3/c1-23-15-7-4-12-8-11(2-3-13(12)9-15)10-18-20-17(22)16(21)19-14-5-6-14/h2-4,7-10,14H,5-6H2,1H3,(H,19,21)(H,20,22)/b18-10-. The highest BCUT2D eigenvalue weighted by atomic mass is 16.5. The van der Waals surface area contributed by atoms with Gasteiger partial charge >= 0.3 is 11.8 Å². The Morgan fingerprint density at radius 2 is 1.87 bits per heavy atom. The van der Waals surface area contributed by atoms with Crippen LogP contribution in [0.2, 0.25) is 0 Å². The number of hydrogen-bond donors (Lipinski definition) is 2. The Labute approximate surface area is 133 Å². The maximum atomic E-state index is 11.5. The molecule has 0 unspecified atom stereocenters. The van der Waals surface area contributed by atoms with Crippen LogP contribution in [0.5, 0.6) is 5.75 Å². The summed E-state index contributed by atoms with van der Waals surface area (Å²) >= 11 is 0. The summed E-state index contributed by atoms with van der Waals surface area (Å²) < 4.78 is 5.19. The van der Waals surface area contributed by atoms with Crippen LogP contribution >= 0.6 is 0 Å². The van der Waals surface area contributed by atoms with Crippen molar-refractivity contribution in [1.82, 2.24) is 10.7 Å². The van der Waals surface area contributed by atoms with E-state index in [0.29, 0.717) is 0 Å². The maximum absolute atomic E-state index is 11.5. The molecule has 118 valence electrons. The van der Waals surface area contributed by atoms with Crippen molar-refractivity contribution in [1.29, 1.82) is 0 Å². The summed E-state index contributed by atoms with van der Waals surface area (Å²) in [4.78, 5) is 23.0. The van der Waals surface area contributed by atoms with Gasteiger partial charge in [0.15, 0.2) is 0 Å². The quantitative estimate of drug-likeness (QED) is 0.511. The number of ether oxygens (including phenoxy) is 1. The van der Waals surface area contributed by atoms with E-state index in [1.807, 2.05) is 36.4 Å². The van der Waals surface area contributed by atoms with E-state index in [1.165, 1.54) is 6.21 Å². The van der Waals surface area contributed by atoms with Gasteiger partial charge in [0.05, 0.1) is 13.3 Å². The molecule has 0 bridgehead atoms. The number of carbonyl (C=O) groups excluding carboxylic acids is 2. The van der Waals surface area contributed by atoms with Crippen molar-refractivity contribution >= 4 is 28.8 Å². The first-order chi connectivity index (χ1) is 11.2. The van der Waals surface area contributed by atoms with E-state index in [-0.39, 0.29) is 6.04 Å². The lowest BCUT2D eigenvalue weighted by atomic mass is 10.1. The van der Waals surface area contributed by atoms with Crippen LogP contribution in [0, 0.1) is 0 Å². The Morgan fingerprint density at radius 3 is 2.61 bits per heavy atom. The van der Waals surface area contributed by atoms with Crippen LogP contribution in [0.4, 0.5) is 0 Å². The van der Waals surface area contributed by atoms with Gasteiger partial charge in [0.25, 0.3) is 0 Å². The van der Waals surface area contributed by atoms with Crippen LogP contribution in [0.1, 0.15) is 18.4 Å². The molecule has 2 N–H and O–H groups in total. The first-order valence-electron chi connectivity index (χ1n) is 7.37. The molecular formula is C17H17N3O3. The lowest BCUT2D eigenvalue weighted by Gasteiger charge is -2.03. The first-order valence-corrected chi connectivity index (χ1v) is 7.37. The van der Waals surface area contributed by atoms with E-state index in [4.69, 9.17) is 4.74 Å². The van der Waals surface area contributed by atoms with E-state index < -0.39 is 11.8 Å². The Balaban J connectivity index is 1.63. The van der Waals surface area contributed by atoms with Crippen LogP contribution in [-0.2, 0) is 9.59 Å². The fraction of sp³-hybridized carbons (Fsp3) is 0.235. The van der Waals surface area contributed by atoms with Gasteiger partial charge in [0.2, 0.25) is 0 Å². The van der Waals surface area contributed by atoms with Crippen LogP contribution in [-0.4, -0.2) is 31.2 Å². The van der Waals surface area contributed by atoms with Crippen molar-refractivity contribution in [3.05, 3.63) is 42.0 Å². The molecule has 23 heavy (non-hydrogen) atoms. The smallest absolute Gasteiger partial charge is 0.329 e. The number of nitrogens with one attached hydrogen (secondary N) is 2. The van der Waals surface area contributed by atoms with Gasteiger partial charge in [-0.1, -0.05) is 18.2 Å². The van der Waals surface area contributed by atoms with Gasteiger partial charge < -0.3 is 10.1 Å². The highest BCUT2D eigenvalue weighted by molar-refractivity contribution is 6.35.